The fraction of sp³-hybridized carbons (Fsp3) is 0.273. The van der Waals surface area contributed by atoms with E-state index in [0.717, 1.165) is 0 Å². The summed E-state index contributed by atoms with van der Waals surface area (Å²) in [5.74, 6) is -1.07. The maximum Gasteiger partial charge on any atom is 0.340 e. The number of carbonyl (C=O) groups is 2. The van der Waals surface area contributed by atoms with Gasteiger partial charge in [-0.1, -0.05) is 11.6 Å². The number of carbonyl (C=O) groups excluding carboxylic acids is 2. The molecule has 0 saturated carbocycles. The smallest absolute Gasteiger partial charge is 0.340 e. The summed E-state index contributed by atoms with van der Waals surface area (Å²) in [7, 11) is 1.46. The van der Waals surface area contributed by atoms with Crippen molar-refractivity contribution in [3.05, 3.63) is 28.8 Å². The van der Waals surface area contributed by atoms with Crippen LogP contribution < -0.4 is 11.1 Å². The molecule has 0 fully saturated rings. The molecule has 92 valence electrons. The Balaban J connectivity index is 2.83. The third-order valence-corrected chi connectivity index (χ3v) is 2.44. The van der Waals surface area contributed by atoms with Gasteiger partial charge < -0.3 is 15.8 Å². The van der Waals surface area contributed by atoms with Gasteiger partial charge in [-0.2, -0.15) is 0 Å². The molecule has 0 heterocycles. The molecule has 0 saturated heterocycles. The highest BCUT2D eigenvalue weighted by molar-refractivity contribution is 6.33. The number of hydrogen-bond donors (Lipinski definition) is 2. The lowest BCUT2D eigenvalue weighted by Gasteiger charge is -2.12. The first-order valence-corrected chi connectivity index (χ1v) is 5.31. The van der Waals surface area contributed by atoms with Crippen LogP contribution in [0.5, 0.6) is 0 Å². The summed E-state index contributed by atoms with van der Waals surface area (Å²) in [6.45, 7) is 1.47. The molecule has 1 aromatic carbocycles. The van der Waals surface area contributed by atoms with Crippen LogP contribution in [0.15, 0.2) is 18.2 Å². The van der Waals surface area contributed by atoms with Crippen LogP contribution in [0.1, 0.15) is 17.3 Å². The number of rotatable bonds is 3. The molecule has 1 aromatic rings. The van der Waals surface area contributed by atoms with E-state index in [1.54, 1.807) is 6.07 Å². The highest BCUT2D eigenvalue weighted by Crippen LogP contribution is 2.20. The average molecular weight is 257 g/mol. The molecular weight excluding hydrogens is 244 g/mol. The number of nitrogens with two attached hydrogens (primary N) is 1. The van der Waals surface area contributed by atoms with E-state index in [1.165, 1.54) is 26.1 Å². The summed E-state index contributed by atoms with van der Waals surface area (Å²) in [5.41, 5.74) is 6.07. The SMILES string of the molecule is CNC(=O)C(C)OC(=O)c1cc(N)ccc1Cl. The monoisotopic (exact) mass is 256 g/mol. The average Bonchev–Trinajstić information content (AvgIpc) is 2.30. The van der Waals surface area contributed by atoms with Crippen molar-refractivity contribution in [1.82, 2.24) is 5.32 Å². The summed E-state index contributed by atoms with van der Waals surface area (Å²) < 4.78 is 4.93. The molecule has 1 rings (SSSR count). The molecule has 0 spiro atoms. The first-order chi connectivity index (χ1) is 7.95. The lowest BCUT2D eigenvalue weighted by atomic mass is 10.2. The van der Waals surface area contributed by atoms with Crippen molar-refractivity contribution in [3.8, 4) is 0 Å². The molecule has 1 unspecified atom stereocenters. The minimum Gasteiger partial charge on any atom is -0.449 e. The van der Waals surface area contributed by atoms with Gasteiger partial charge in [0.2, 0.25) is 0 Å². The number of anilines is 1. The van der Waals surface area contributed by atoms with Crippen LogP contribution in [-0.4, -0.2) is 25.0 Å². The number of nitrogens with one attached hydrogen (secondary N) is 1. The summed E-state index contributed by atoms with van der Waals surface area (Å²) >= 11 is 5.83. The van der Waals surface area contributed by atoms with Gasteiger partial charge in [0.25, 0.3) is 5.91 Å². The summed E-state index contributed by atoms with van der Waals surface area (Å²) in [5, 5.41) is 2.60. The number of ether oxygens (including phenoxy) is 1. The quantitative estimate of drug-likeness (QED) is 0.629. The molecule has 0 bridgehead atoms. The topological polar surface area (TPSA) is 81.4 Å². The van der Waals surface area contributed by atoms with Crippen molar-refractivity contribution in [2.45, 2.75) is 13.0 Å². The van der Waals surface area contributed by atoms with Gasteiger partial charge >= 0.3 is 5.97 Å². The van der Waals surface area contributed by atoms with Crippen molar-refractivity contribution < 1.29 is 14.3 Å². The van der Waals surface area contributed by atoms with Gasteiger partial charge in [-0.15, -0.1) is 0 Å². The molecule has 0 aliphatic heterocycles. The molecule has 1 amide bonds. The molecule has 1 atom stereocenters. The number of hydrogen-bond acceptors (Lipinski definition) is 4. The van der Waals surface area contributed by atoms with E-state index in [9.17, 15) is 9.59 Å². The number of benzene rings is 1. The van der Waals surface area contributed by atoms with Gasteiger partial charge in [0.1, 0.15) is 0 Å². The van der Waals surface area contributed by atoms with Crippen molar-refractivity contribution >= 4 is 29.2 Å². The minimum absolute atomic E-state index is 0.141. The molecule has 0 radical (unpaired) electrons. The van der Waals surface area contributed by atoms with Crippen molar-refractivity contribution in [1.29, 1.82) is 0 Å². The van der Waals surface area contributed by atoms with Crippen LogP contribution in [0.25, 0.3) is 0 Å². The lowest BCUT2D eigenvalue weighted by Crippen LogP contribution is -2.33. The van der Waals surface area contributed by atoms with Crippen molar-refractivity contribution in [2.75, 3.05) is 12.8 Å². The minimum atomic E-state index is -0.884. The van der Waals surface area contributed by atoms with E-state index in [-0.39, 0.29) is 10.6 Å². The number of esters is 1. The van der Waals surface area contributed by atoms with Gasteiger partial charge in [0.15, 0.2) is 6.10 Å². The maximum absolute atomic E-state index is 11.7. The number of likely N-dealkylation sites (N-methyl/N-ethyl adjacent to an activating group) is 1. The number of halogens is 1. The highest BCUT2D eigenvalue weighted by atomic mass is 35.5. The third-order valence-electron chi connectivity index (χ3n) is 2.11. The highest BCUT2D eigenvalue weighted by Gasteiger charge is 2.19. The van der Waals surface area contributed by atoms with Gasteiger partial charge in [0, 0.05) is 12.7 Å². The normalized spacial score (nSPS) is 11.7. The molecule has 6 heteroatoms. The summed E-state index contributed by atoms with van der Waals surface area (Å²) in [4.78, 5) is 22.9. The maximum atomic E-state index is 11.7. The molecule has 17 heavy (non-hydrogen) atoms. The second-order valence-corrected chi connectivity index (χ2v) is 3.81. The summed E-state index contributed by atoms with van der Waals surface area (Å²) in [6.07, 6.45) is -0.884. The molecule has 0 aliphatic rings. The standard InChI is InChI=1S/C11H13ClN2O3/c1-6(10(15)14-2)17-11(16)8-5-7(13)3-4-9(8)12/h3-6H,13H2,1-2H3,(H,14,15). The van der Waals surface area contributed by atoms with E-state index in [2.05, 4.69) is 5.32 Å². The predicted octanol–water partition coefficient (Wildman–Crippen LogP) is 1.21. The molecule has 0 aliphatic carbocycles. The Morgan fingerprint density at radius 1 is 1.47 bits per heavy atom. The van der Waals surface area contributed by atoms with E-state index < -0.39 is 18.0 Å². The molecule has 3 N–H and O–H groups in total. The van der Waals surface area contributed by atoms with Crippen LogP contribution in [-0.2, 0) is 9.53 Å². The zero-order valence-corrected chi connectivity index (χ0v) is 10.2. The molecular formula is C11H13ClN2O3. The Labute approximate surface area is 104 Å². The van der Waals surface area contributed by atoms with Crippen LogP contribution in [0.3, 0.4) is 0 Å². The second kappa shape index (κ2) is 5.54. The Kier molecular flexibility index (Phi) is 4.34. The van der Waals surface area contributed by atoms with E-state index in [1.807, 2.05) is 0 Å². The largest absolute Gasteiger partial charge is 0.449 e. The Morgan fingerprint density at radius 2 is 2.12 bits per heavy atom. The predicted molar refractivity (Wildman–Crippen MR) is 64.8 cm³/mol. The second-order valence-electron chi connectivity index (χ2n) is 3.40. The van der Waals surface area contributed by atoms with Crippen LogP contribution in [0.4, 0.5) is 5.69 Å². The third kappa shape index (κ3) is 3.35. The Hall–Kier alpha value is -1.75. The fourth-order valence-electron chi connectivity index (χ4n) is 1.18. The zero-order chi connectivity index (χ0) is 13.0. The number of nitrogen functional groups attached to an aromatic ring is 1. The fourth-order valence-corrected chi connectivity index (χ4v) is 1.37. The van der Waals surface area contributed by atoms with Crippen molar-refractivity contribution in [2.24, 2.45) is 0 Å². The van der Waals surface area contributed by atoms with Gasteiger partial charge in [-0.3, -0.25) is 4.79 Å². The van der Waals surface area contributed by atoms with Crippen LogP contribution in [0, 0.1) is 0 Å². The van der Waals surface area contributed by atoms with Crippen molar-refractivity contribution in [3.63, 3.8) is 0 Å². The Morgan fingerprint density at radius 3 is 2.71 bits per heavy atom. The van der Waals surface area contributed by atoms with E-state index in [4.69, 9.17) is 22.1 Å². The van der Waals surface area contributed by atoms with E-state index in [0.29, 0.717) is 5.69 Å². The lowest BCUT2D eigenvalue weighted by molar-refractivity contribution is -0.128. The van der Waals surface area contributed by atoms with Crippen LogP contribution in [0.2, 0.25) is 5.02 Å². The van der Waals surface area contributed by atoms with Gasteiger partial charge in [-0.05, 0) is 25.1 Å². The number of amides is 1. The molecule has 5 nitrogen and oxygen atoms in total. The Bertz CT molecular complexity index is 448. The van der Waals surface area contributed by atoms with Gasteiger partial charge in [0.05, 0.1) is 10.6 Å². The van der Waals surface area contributed by atoms with Crippen LogP contribution >= 0.6 is 11.6 Å². The zero-order valence-electron chi connectivity index (χ0n) is 9.49. The van der Waals surface area contributed by atoms with E-state index >= 15 is 0 Å². The first kappa shape index (κ1) is 13.3. The van der Waals surface area contributed by atoms with Gasteiger partial charge in [-0.25, -0.2) is 4.79 Å². The summed E-state index contributed by atoms with van der Waals surface area (Å²) in [6, 6.07) is 4.47. The molecule has 0 aromatic heterocycles. The first-order valence-electron chi connectivity index (χ1n) is 4.93.